The summed E-state index contributed by atoms with van der Waals surface area (Å²) in [7, 11) is 0. The second kappa shape index (κ2) is 6.42. The number of nitrogen functional groups attached to an aromatic ring is 1. The summed E-state index contributed by atoms with van der Waals surface area (Å²) in [5.41, 5.74) is 0. The number of nitrogens with two attached hydrogens (primary N) is 1. The highest BCUT2D eigenvalue weighted by atomic mass is 15.5. The number of hydrogen-bond donors (Lipinski definition) is 2. The van der Waals surface area contributed by atoms with Crippen molar-refractivity contribution >= 4 is 0 Å². The van der Waals surface area contributed by atoms with Gasteiger partial charge in [0, 0.05) is 12.1 Å². The quantitative estimate of drug-likeness (QED) is 0.654. The molecule has 0 saturated carbocycles. The summed E-state index contributed by atoms with van der Waals surface area (Å²) in [5, 5.41) is 10.1. The third-order valence-corrected chi connectivity index (χ3v) is 1.11. The Morgan fingerprint density at radius 3 is 1.85 bits per heavy atom. The number of nitrogens with zero attached hydrogens (tertiary/aromatic N) is 3. The Morgan fingerprint density at radius 2 is 1.77 bits per heavy atom. The van der Waals surface area contributed by atoms with Crippen molar-refractivity contribution < 1.29 is 0 Å². The van der Waals surface area contributed by atoms with Crippen LogP contribution in [0.1, 0.15) is 27.7 Å². The van der Waals surface area contributed by atoms with E-state index in [2.05, 4.69) is 43.3 Å². The van der Waals surface area contributed by atoms with Crippen LogP contribution in [0.2, 0.25) is 0 Å². The number of hydrogen-bond acceptors (Lipinski definition) is 4. The minimum Gasteiger partial charge on any atom is -0.322 e. The van der Waals surface area contributed by atoms with E-state index in [4.69, 9.17) is 5.84 Å². The van der Waals surface area contributed by atoms with Crippen LogP contribution in [0.25, 0.3) is 0 Å². The van der Waals surface area contributed by atoms with E-state index in [1.807, 2.05) is 0 Å². The highest BCUT2D eigenvalue weighted by molar-refractivity contribution is 4.61. The first-order chi connectivity index (χ1) is 6.02. The van der Waals surface area contributed by atoms with E-state index < -0.39 is 0 Å². The molecule has 0 saturated heterocycles. The van der Waals surface area contributed by atoms with Gasteiger partial charge in [-0.05, 0) is 5.21 Å². The standard InChI is InChI=1S/C6H15N.C2H4N4/c1-5(2)7-6(3)4;3-6-2-1-4-5-6/h5-7H,1-4H3;1-2H,3H2. The maximum atomic E-state index is 5.02. The molecule has 1 aromatic rings. The molecule has 0 spiro atoms. The SMILES string of the molecule is CC(C)NC(C)C.Nn1ccnn1. The van der Waals surface area contributed by atoms with E-state index in [1.165, 1.54) is 6.20 Å². The van der Waals surface area contributed by atoms with Gasteiger partial charge in [-0.3, -0.25) is 0 Å². The predicted molar refractivity (Wildman–Crippen MR) is 53.6 cm³/mol. The Balaban J connectivity index is 0.000000223. The zero-order valence-electron chi connectivity index (χ0n) is 8.73. The largest absolute Gasteiger partial charge is 0.322 e. The van der Waals surface area contributed by atoms with E-state index >= 15 is 0 Å². The van der Waals surface area contributed by atoms with Crippen molar-refractivity contribution in [2.45, 2.75) is 39.8 Å². The summed E-state index contributed by atoms with van der Waals surface area (Å²) in [6.45, 7) is 8.61. The lowest BCUT2D eigenvalue weighted by Gasteiger charge is -2.10. The Bertz CT molecular complexity index is 186. The molecule has 0 fully saturated rings. The van der Waals surface area contributed by atoms with Crippen LogP contribution in [0.5, 0.6) is 0 Å². The van der Waals surface area contributed by atoms with Gasteiger partial charge in [-0.2, -0.15) is 4.79 Å². The summed E-state index contributed by atoms with van der Waals surface area (Å²) in [4.78, 5) is 1.14. The van der Waals surface area contributed by atoms with Crippen molar-refractivity contribution in [3.05, 3.63) is 12.4 Å². The van der Waals surface area contributed by atoms with Crippen molar-refractivity contribution in [3.63, 3.8) is 0 Å². The molecule has 0 atom stereocenters. The summed E-state index contributed by atoms with van der Waals surface area (Å²) >= 11 is 0. The Kier molecular flexibility index (Phi) is 5.88. The van der Waals surface area contributed by atoms with E-state index in [1.54, 1.807) is 6.20 Å². The highest BCUT2D eigenvalue weighted by Crippen LogP contribution is 1.80. The van der Waals surface area contributed by atoms with Crippen molar-refractivity contribution in [2.24, 2.45) is 0 Å². The lowest BCUT2D eigenvalue weighted by atomic mass is 10.3. The summed E-state index contributed by atoms with van der Waals surface area (Å²) in [5.74, 6) is 5.02. The zero-order valence-corrected chi connectivity index (χ0v) is 8.73. The van der Waals surface area contributed by atoms with Crippen molar-refractivity contribution in [2.75, 3.05) is 5.84 Å². The Hall–Kier alpha value is -1.10. The lowest BCUT2D eigenvalue weighted by molar-refractivity contribution is 0.518. The summed E-state index contributed by atoms with van der Waals surface area (Å²) in [6, 6.07) is 1.25. The molecular weight excluding hydrogens is 166 g/mol. The van der Waals surface area contributed by atoms with Crippen LogP contribution in [0.4, 0.5) is 0 Å². The molecule has 3 N–H and O–H groups in total. The average Bonchev–Trinajstić information content (AvgIpc) is 2.37. The van der Waals surface area contributed by atoms with Gasteiger partial charge in [0.25, 0.3) is 0 Å². The Labute approximate surface area is 79.3 Å². The number of rotatable bonds is 2. The van der Waals surface area contributed by atoms with Gasteiger partial charge in [0.2, 0.25) is 0 Å². The molecule has 5 heteroatoms. The van der Waals surface area contributed by atoms with Crippen LogP contribution in [0.3, 0.4) is 0 Å². The van der Waals surface area contributed by atoms with Gasteiger partial charge in [-0.1, -0.05) is 27.7 Å². The van der Waals surface area contributed by atoms with Gasteiger partial charge in [0.1, 0.15) is 0 Å². The third-order valence-electron chi connectivity index (χ3n) is 1.11. The van der Waals surface area contributed by atoms with Crippen LogP contribution < -0.4 is 11.2 Å². The molecular formula is C8H19N5. The van der Waals surface area contributed by atoms with E-state index in [-0.39, 0.29) is 0 Å². The molecule has 0 radical (unpaired) electrons. The molecule has 13 heavy (non-hydrogen) atoms. The normalized spacial score (nSPS) is 10.0. The zero-order chi connectivity index (χ0) is 10.3. The molecule has 0 amide bonds. The van der Waals surface area contributed by atoms with Gasteiger partial charge < -0.3 is 11.2 Å². The number of aromatic nitrogens is 3. The average molecular weight is 185 g/mol. The minimum atomic E-state index is 0.625. The maximum absolute atomic E-state index is 5.02. The van der Waals surface area contributed by atoms with Crippen LogP contribution in [0.15, 0.2) is 12.4 Å². The van der Waals surface area contributed by atoms with Crippen LogP contribution in [0, 0.1) is 0 Å². The first-order valence-electron chi connectivity index (χ1n) is 4.39. The fraction of sp³-hybridized carbons (Fsp3) is 0.750. The highest BCUT2D eigenvalue weighted by Gasteiger charge is 1.92. The minimum absolute atomic E-state index is 0.625. The fourth-order valence-corrected chi connectivity index (χ4v) is 0.884. The van der Waals surface area contributed by atoms with E-state index in [0.29, 0.717) is 12.1 Å². The monoisotopic (exact) mass is 185 g/mol. The lowest BCUT2D eigenvalue weighted by Crippen LogP contribution is -2.29. The van der Waals surface area contributed by atoms with Gasteiger partial charge in [-0.25, -0.2) is 0 Å². The van der Waals surface area contributed by atoms with Crippen LogP contribution in [-0.2, 0) is 0 Å². The van der Waals surface area contributed by atoms with E-state index in [0.717, 1.165) is 4.79 Å². The molecule has 0 bridgehead atoms. The first kappa shape index (κ1) is 11.9. The van der Waals surface area contributed by atoms with Crippen LogP contribution >= 0.6 is 0 Å². The second-order valence-electron chi connectivity index (χ2n) is 3.36. The molecule has 1 aromatic heterocycles. The topological polar surface area (TPSA) is 68.8 Å². The molecule has 1 heterocycles. The molecule has 0 aliphatic heterocycles. The first-order valence-corrected chi connectivity index (χ1v) is 4.39. The second-order valence-corrected chi connectivity index (χ2v) is 3.36. The van der Waals surface area contributed by atoms with E-state index in [9.17, 15) is 0 Å². The summed E-state index contributed by atoms with van der Waals surface area (Å²) < 4.78 is 0. The number of nitrogens with one attached hydrogen (secondary N) is 1. The van der Waals surface area contributed by atoms with Crippen LogP contribution in [-0.4, -0.2) is 27.2 Å². The van der Waals surface area contributed by atoms with Crippen molar-refractivity contribution in [3.8, 4) is 0 Å². The molecule has 0 unspecified atom stereocenters. The molecule has 0 aliphatic rings. The van der Waals surface area contributed by atoms with Crippen molar-refractivity contribution in [1.82, 2.24) is 20.4 Å². The van der Waals surface area contributed by atoms with Gasteiger partial charge >= 0.3 is 0 Å². The van der Waals surface area contributed by atoms with Gasteiger partial charge in [-0.15, -0.1) is 5.10 Å². The Morgan fingerprint density at radius 1 is 1.23 bits per heavy atom. The molecule has 1 rings (SSSR count). The molecule has 0 aliphatic carbocycles. The maximum Gasteiger partial charge on any atom is 0.0715 e. The molecule has 0 aromatic carbocycles. The third kappa shape index (κ3) is 8.81. The summed E-state index contributed by atoms with van der Waals surface area (Å²) in [6.07, 6.45) is 3.07. The van der Waals surface area contributed by atoms with Crippen molar-refractivity contribution in [1.29, 1.82) is 0 Å². The molecule has 5 nitrogen and oxygen atoms in total. The molecule has 76 valence electrons. The van der Waals surface area contributed by atoms with Gasteiger partial charge in [0.05, 0.1) is 12.4 Å². The fourth-order valence-electron chi connectivity index (χ4n) is 0.884. The van der Waals surface area contributed by atoms with Gasteiger partial charge in [0.15, 0.2) is 0 Å². The smallest absolute Gasteiger partial charge is 0.0715 e. The predicted octanol–water partition coefficient (Wildman–Crippen LogP) is 0.385.